The number of fused-ring (bicyclic) bond motifs is 1. The number of nitrogen functional groups attached to an aromatic ring is 1. The maximum absolute atomic E-state index is 13.4. The molecule has 0 bridgehead atoms. The van der Waals surface area contributed by atoms with E-state index in [9.17, 15) is 9.18 Å². The van der Waals surface area contributed by atoms with Gasteiger partial charge in [0, 0.05) is 17.8 Å². The molecule has 1 aliphatic carbocycles. The number of hydrogen-bond donors (Lipinski definition) is 1. The normalized spacial score (nSPS) is 19.9. The lowest BCUT2D eigenvalue weighted by Crippen LogP contribution is -2.25. The molecule has 1 aliphatic rings. The van der Waals surface area contributed by atoms with Crippen LogP contribution < -0.4 is 11.4 Å². The highest BCUT2D eigenvalue weighted by molar-refractivity contribution is 5.86. The van der Waals surface area contributed by atoms with Gasteiger partial charge in [0.1, 0.15) is 12.0 Å². The monoisotopic (exact) mass is 311 g/mol. The molecule has 1 fully saturated rings. The highest BCUT2D eigenvalue weighted by atomic mass is 19.1. The Kier molecular flexibility index (Phi) is 2.90. The number of nitrogens with zero attached hydrogens (tertiary/aromatic N) is 4. The van der Waals surface area contributed by atoms with Gasteiger partial charge in [0.25, 0.3) is 0 Å². The van der Waals surface area contributed by atoms with E-state index in [0.29, 0.717) is 34.5 Å². The number of pyridine rings is 2. The summed E-state index contributed by atoms with van der Waals surface area (Å²) >= 11 is 0. The topological polar surface area (TPSA) is 86.7 Å². The fourth-order valence-corrected chi connectivity index (χ4v) is 2.74. The molecule has 2 atom stereocenters. The molecule has 0 spiro atoms. The fraction of sp³-hybridized carbons (Fsp3) is 0.250. The van der Waals surface area contributed by atoms with E-state index in [1.807, 2.05) is 0 Å². The molecule has 0 unspecified atom stereocenters. The van der Waals surface area contributed by atoms with Crippen molar-refractivity contribution in [3.8, 4) is 5.69 Å². The number of halogens is 1. The number of aromatic nitrogens is 4. The third-order valence-electron chi connectivity index (χ3n) is 4.10. The van der Waals surface area contributed by atoms with Crippen LogP contribution in [-0.4, -0.2) is 25.7 Å². The Hall–Kier alpha value is -2.83. The van der Waals surface area contributed by atoms with E-state index < -0.39 is 11.9 Å². The zero-order valence-corrected chi connectivity index (χ0v) is 12.4. The fourth-order valence-electron chi connectivity index (χ4n) is 2.74. The molecule has 4 rings (SSSR count). The Morgan fingerprint density at radius 1 is 1.30 bits per heavy atom. The predicted molar refractivity (Wildman–Crippen MR) is 84.3 cm³/mol. The van der Waals surface area contributed by atoms with Crippen molar-refractivity contribution in [2.24, 2.45) is 0 Å². The van der Waals surface area contributed by atoms with Crippen molar-refractivity contribution in [3.05, 3.63) is 52.3 Å². The first-order chi connectivity index (χ1) is 11.1. The first kappa shape index (κ1) is 13.8. The van der Waals surface area contributed by atoms with E-state index in [1.54, 1.807) is 37.4 Å². The second kappa shape index (κ2) is 4.84. The summed E-state index contributed by atoms with van der Waals surface area (Å²) in [5.74, 6) is -0.0817. The molecule has 0 aromatic carbocycles. The Morgan fingerprint density at radius 3 is 2.78 bits per heavy atom. The van der Waals surface area contributed by atoms with Crippen LogP contribution in [-0.2, 0) is 0 Å². The van der Waals surface area contributed by atoms with Crippen LogP contribution in [0.3, 0.4) is 0 Å². The Labute approximate surface area is 130 Å². The van der Waals surface area contributed by atoms with Crippen molar-refractivity contribution in [1.82, 2.24) is 19.5 Å². The van der Waals surface area contributed by atoms with Crippen molar-refractivity contribution in [1.29, 1.82) is 0 Å². The second-order valence-corrected chi connectivity index (χ2v) is 5.69. The van der Waals surface area contributed by atoms with Gasteiger partial charge < -0.3 is 5.73 Å². The molecule has 1 saturated carbocycles. The van der Waals surface area contributed by atoms with Crippen LogP contribution in [0.25, 0.3) is 16.7 Å². The number of anilines is 1. The lowest BCUT2D eigenvalue weighted by atomic mass is 10.2. The lowest BCUT2D eigenvalue weighted by molar-refractivity contribution is 0.467. The maximum atomic E-state index is 13.4. The third-order valence-corrected chi connectivity index (χ3v) is 4.10. The van der Waals surface area contributed by atoms with Gasteiger partial charge in [-0.15, -0.1) is 0 Å². The highest BCUT2D eigenvalue weighted by Crippen LogP contribution is 2.43. The zero-order valence-electron chi connectivity index (χ0n) is 12.4. The molecule has 6 nitrogen and oxygen atoms in total. The summed E-state index contributed by atoms with van der Waals surface area (Å²) < 4.78 is 14.7. The number of alkyl halides is 1. The maximum Gasteiger partial charge on any atom is 0.355 e. The number of rotatable bonds is 2. The average Bonchev–Trinajstić information content (AvgIpc) is 3.25. The van der Waals surface area contributed by atoms with Crippen LogP contribution in [0.1, 0.15) is 23.7 Å². The van der Waals surface area contributed by atoms with E-state index in [-0.39, 0.29) is 11.7 Å². The van der Waals surface area contributed by atoms with Gasteiger partial charge in [-0.25, -0.2) is 18.7 Å². The van der Waals surface area contributed by atoms with Gasteiger partial charge >= 0.3 is 5.69 Å². The summed E-state index contributed by atoms with van der Waals surface area (Å²) in [6.07, 6.45) is 1.25. The van der Waals surface area contributed by atoms with Crippen molar-refractivity contribution < 1.29 is 4.39 Å². The van der Waals surface area contributed by atoms with E-state index in [0.717, 1.165) is 0 Å². The van der Waals surface area contributed by atoms with E-state index in [2.05, 4.69) is 15.0 Å². The molecule has 0 amide bonds. The van der Waals surface area contributed by atoms with Crippen LogP contribution in [0.4, 0.5) is 10.2 Å². The summed E-state index contributed by atoms with van der Waals surface area (Å²) in [5.41, 5.74) is 7.61. The van der Waals surface area contributed by atoms with Gasteiger partial charge in [-0.2, -0.15) is 4.98 Å². The number of aryl methyl sites for hydroxylation is 1. The number of nitrogens with two attached hydrogens (primary N) is 1. The average molecular weight is 311 g/mol. The minimum Gasteiger partial charge on any atom is -0.383 e. The summed E-state index contributed by atoms with van der Waals surface area (Å²) in [6.45, 7) is 1.80. The van der Waals surface area contributed by atoms with E-state index in [1.165, 1.54) is 4.57 Å². The highest BCUT2D eigenvalue weighted by Gasteiger charge is 2.40. The van der Waals surface area contributed by atoms with Crippen LogP contribution in [0.5, 0.6) is 0 Å². The Bertz CT molecular complexity index is 984. The van der Waals surface area contributed by atoms with Gasteiger partial charge in [0.15, 0.2) is 5.65 Å². The van der Waals surface area contributed by atoms with Gasteiger partial charge in [-0.05, 0) is 37.6 Å². The van der Waals surface area contributed by atoms with Crippen LogP contribution in [0.2, 0.25) is 0 Å². The zero-order chi connectivity index (χ0) is 16.1. The number of hydrogen-bond acceptors (Lipinski definition) is 5. The van der Waals surface area contributed by atoms with Gasteiger partial charge in [-0.1, -0.05) is 0 Å². The first-order valence-corrected chi connectivity index (χ1v) is 7.31. The predicted octanol–water partition coefficient (Wildman–Crippen LogP) is 1.89. The minimum absolute atomic E-state index is 0.120. The van der Waals surface area contributed by atoms with Crippen LogP contribution >= 0.6 is 0 Å². The second-order valence-electron chi connectivity index (χ2n) is 5.69. The van der Waals surface area contributed by atoms with Gasteiger partial charge in [0.05, 0.1) is 16.8 Å². The summed E-state index contributed by atoms with van der Waals surface area (Å²) in [5, 5.41) is 0.563. The summed E-state index contributed by atoms with van der Waals surface area (Å²) in [6, 6.07) is 6.99. The molecule has 0 saturated heterocycles. The quantitative estimate of drug-likeness (QED) is 0.781. The van der Waals surface area contributed by atoms with E-state index in [4.69, 9.17) is 5.73 Å². The van der Waals surface area contributed by atoms with Crippen molar-refractivity contribution in [2.75, 3.05) is 5.73 Å². The molecule has 3 aromatic heterocycles. The molecule has 3 aromatic rings. The first-order valence-electron chi connectivity index (χ1n) is 7.31. The molecular weight excluding hydrogens is 297 g/mol. The standard InChI is InChI=1S/C16H14FN5O/c1-8-13(3-2-6-19-8)22-15-9(14(18)21-16(22)23)4-5-12(20-15)10-7-11(10)17/h2-6,10-11H,7H2,1H3,(H2,18,21,23)/t10-,11-/m0/s1. The molecule has 23 heavy (non-hydrogen) atoms. The summed E-state index contributed by atoms with van der Waals surface area (Å²) in [4.78, 5) is 25.0. The minimum atomic E-state index is -0.862. The van der Waals surface area contributed by atoms with Gasteiger partial charge in [0.2, 0.25) is 0 Å². The third kappa shape index (κ3) is 2.16. The van der Waals surface area contributed by atoms with Crippen LogP contribution in [0.15, 0.2) is 35.3 Å². The van der Waals surface area contributed by atoms with E-state index >= 15 is 0 Å². The SMILES string of the molecule is Cc1ncccc1-n1c(=O)nc(N)c2ccc([C@H]3C[C@@H]3F)nc21. The largest absolute Gasteiger partial charge is 0.383 e. The Morgan fingerprint density at radius 2 is 2.09 bits per heavy atom. The lowest BCUT2D eigenvalue weighted by Gasteiger charge is -2.12. The van der Waals surface area contributed by atoms with Crippen molar-refractivity contribution >= 4 is 16.9 Å². The molecule has 116 valence electrons. The molecule has 7 heteroatoms. The molecule has 0 aliphatic heterocycles. The van der Waals surface area contributed by atoms with Gasteiger partial charge in [-0.3, -0.25) is 4.98 Å². The van der Waals surface area contributed by atoms with Crippen LogP contribution in [0, 0.1) is 6.92 Å². The smallest absolute Gasteiger partial charge is 0.355 e. The molecular formula is C16H14FN5O. The molecule has 3 heterocycles. The van der Waals surface area contributed by atoms with Crippen molar-refractivity contribution in [3.63, 3.8) is 0 Å². The van der Waals surface area contributed by atoms with Crippen molar-refractivity contribution in [2.45, 2.75) is 25.4 Å². The summed E-state index contributed by atoms with van der Waals surface area (Å²) in [7, 11) is 0. The molecule has 0 radical (unpaired) electrons. The Balaban J connectivity index is 2.06. The molecule has 2 N–H and O–H groups in total.